The highest BCUT2D eigenvalue weighted by Gasteiger charge is 2.46. The minimum Gasteiger partial charge on any atom is -0.508 e. The third-order valence-electron chi connectivity index (χ3n) is 6.93. The van der Waals surface area contributed by atoms with Gasteiger partial charge in [0, 0.05) is 17.4 Å². The number of phenols is 1. The molecule has 0 saturated heterocycles. The number of allylic oxidation sites excluding steroid dienone is 2. The number of aliphatic hydroxyl groups is 1. The van der Waals surface area contributed by atoms with E-state index in [0.717, 1.165) is 44.1 Å². The van der Waals surface area contributed by atoms with E-state index < -0.39 is 23.6 Å². The first-order valence-electron chi connectivity index (χ1n) is 11.2. The molecule has 1 aromatic rings. The third kappa shape index (κ3) is 4.51. The molecule has 1 heterocycles. The summed E-state index contributed by atoms with van der Waals surface area (Å²) in [7, 11) is 0. The van der Waals surface area contributed by atoms with Crippen LogP contribution in [0.5, 0.6) is 11.5 Å². The first-order valence-corrected chi connectivity index (χ1v) is 11.2. The molecule has 0 radical (unpaired) electrons. The Kier molecular flexibility index (Phi) is 6.51. The Morgan fingerprint density at radius 2 is 2.00 bits per heavy atom. The fourth-order valence-electron chi connectivity index (χ4n) is 5.26. The van der Waals surface area contributed by atoms with Crippen LogP contribution >= 0.6 is 0 Å². The van der Waals surface area contributed by atoms with Gasteiger partial charge in [-0.1, -0.05) is 44.3 Å². The summed E-state index contributed by atoms with van der Waals surface area (Å²) < 4.78 is 6.34. The zero-order chi connectivity index (χ0) is 22.1. The molecule has 5 heteroatoms. The number of rotatable bonds is 8. The Morgan fingerprint density at radius 1 is 1.27 bits per heavy atom. The second-order valence-corrected chi connectivity index (χ2v) is 9.73. The molecule has 0 amide bonds. The molecular weight excluding hydrogens is 380 g/mol. The highest BCUT2D eigenvalue weighted by atomic mass is 16.5. The van der Waals surface area contributed by atoms with Crippen molar-refractivity contribution < 1.29 is 24.9 Å². The SMILES string of the molecule is CCCCCCC(O)(CC(=O)O)c1cc(O)c2c(c1)OC(C)(C)[C@@H]1CC=C(C)C[C@@H]21. The molecule has 1 unspecified atom stereocenters. The van der Waals surface area contributed by atoms with E-state index >= 15 is 0 Å². The van der Waals surface area contributed by atoms with Crippen molar-refractivity contribution in [1.82, 2.24) is 0 Å². The highest BCUT2D eigenvalue weighted by molar-refractivity contribution is 5.69. The first-order chi connectivity index (χ1) is 14.1. The average Bonchev–Trinajstić information content (AvgIpc) is 2.63. The molecule has 1 aliphatic heterocycles. The summed E-state index contributed by atoms with van der Waals surface area (Å²) in [4.78, 5) is 11.5. The number of carboxylic acid groups (broad SMARTS) is 1. The molecular formula is C25H36O5. The molecule has 0 saturated carbocycles. The number of ether oxygens (including phenoxy) is 1. The van der Waals surface area contributed by atoms with E-state index in [9.17, 15) is 20.1 Å². The number of hydrogen-bond donors (Lipinski definition) is 3. The van der Waals surface area contributed by atoms with Gasteiger partial charge in [-0.3, -0.25) is 4.79 Å². The van der Waals surface area contributed by atoms with Gasteiger partial charge >= 0.3 is 5.97 Å². The van der Waals surface area contributed by atoms with Gasteiger partial charge in [0.25, 0.3) is 0 Å². The Bertz CT molecular complexity index is 825. The molecule has 1 aliphatic carbocycles. The van der Waals surface area contributed by atoms with Crippen LogP contribution in [0.2, 0.25) is 0 Å². The highest BCUT2D eigenvalue weighted by Crippen LogP contribution is 2.55. The van der Waals surface area contributed by atoms with Crippen LogP contribution in [-0.2, 0) is 10.4 Å². The predicted octanol–water partition coefficient (Wildman–Crippen LogP) is 5.64. The van der Waals surface area contributed by atoms with Crippen LogP contribution in [0.15, 0.2) is 23.8 Å². The van der Waals surface area contributed by atoms with Crippen LogP contribution < -0.4 is 4.74 Å². The number of fused-ring (bicyclic) bond motifs is 3. The van der Waals surface area contributed by atoms with Crippen molar-refractivity contribution >= 4 is 5.97 Å². The van der Waals surface area contributed by atoms with Crippen molar-refractivity contribution in [3.05, 3.63) is 34.9 Å². The zero-order valence-electron chi connectivity index (χ0n) is 18.7. The van der Waals surface area contributed by atoms with Crippen molar-refractivity contribution in [3.63, 3.8) is 0 Å². The molecule has 0 aromatic heterocycles. The predicted molar refractivity (Wildman–Crippen MR) is 117 cm³/mol. The van der Waals surface area contributed by atoms with E-state index in [1.165, 1.54) is 5.57 Å². The lowest BCUT2D eigenvalue weighted by Gasteiger charge is -2.47. The van der Waals surface area contributed by atoms with Crippen LogP contribution in [0.3, 0.4) is 0 Å². The third-order valence-corrected chi connectivity index (χ3v) is 6.93. The number of carbonyl (C=O) groups is 1. The van der Waals surface area contributed by atoms with E-state index in [-0.39, 0.29) is 17.6 Å². The number of aliphatic carboxylic acids is 1. The van der Waals surface area contributed by atoms with Gasteiger partial charge in [0.05, 0.1) is 6.42 Å². The fourth-order valence-corrected chi connectivity index (χ4v) is 5.26. The standard InChI is InChI=1S/C25H36O5/c1-5-6-7-8-11-25(29,15-22(27)28)17-13-20(26)23-18-12-16(2)9-10-19(18)24(3,4)30-21(23)14-17/h9,13-14,18-19,26,29H,5-8,10-12,15H2,1-4H3,(H,27,28)/t18-,19-,25?/m1/s1. The summed E-state index contributed by atoms with van der Waals surface area (Å²) in [5, 5.41) is 31.7. The maximum absolute atomic E-state index is 11.5. The summed E-state index contributed by atoms with van der Waals surface area (Å²) in [6.45, 7) is 8.37. The summed E-state index contributed by atoms with van der Waals surface area (Å²) in [6, 6.07) is 3.33. The molecule has 1 aromatic carbocycles. The van der Waals surface area contributed by atoms with Crippen LogP contribution in [0.1, 0.15) is 96.1 Å². The largest absolute Gasteiger partial charge is 0.508 e. The maximum atomic E-state index is 11.5. The van der Waals surface area contributed by atoms with E-state index in [0.29, 0.717) is 17.7 Å². The summed E-state index contributed by atoms with van der Waals surface area (Å²) in [6.07, 6.45) is 7.76. The normalized spacial score (nSPS) is 24.1. The van der Waals surface area contributed by atoms with Crippen molar-refractivity contribution in [2.45, 2.75) is 96.2 Å². The van der Waals surface area contributed by atoms with E-state index in [2.05, 4.69) is 33.8 Å². The quantitative estimate of drug-likeness (QED) is 0.377. The van der Waals surface area contributed by atoms with Gasteiger partial charge in [-0.05, 0) is 57.7 Å². The number of carboxylic acids is 1. The molecule has 30 heavy (non-hydrogen) atoms. The lowest BCUT2D eigenvalue weighted by Crippen LogP contribution is -2.45. The molecule has 0 bridgehead atoms. The second kappa shape index (κ2) is 8.62. The lowest BCUT2D eigenvalue weighted by molar-refractivity contribution is -0.143. The second-order valence-electron chi connectivity index (χ2n) is 9.73. The molecule has 3 N–H and O–H groups in total. The topological polar surface area (TPSA) is 87.0 Å². The molecule has 0 fully saturated rings. The van der Waals surface area contributed by atoms with Crippen molar-refractivity contribution in [2.75, 3.05) is 0 Å². The van der Waals surface area contributed by atoms with Crippen LogP contribution in [-0.4, -0.2) is 26.9 Å². The van der Waals surface area contributed by atoms with Crippen molar-refractivity contribution in [2.24, 2.45) is 5.92 Å². The summed E-state index contributed by atoms with van der Waals surface area (Å²) in [5.41, 5.74) is 0.584. The van der Waals surface area contributed by atoms with Crippen LogP contribution in [0.25, 0.3) is 0 Å². The Labute approximate surface area is 179 Å². The van der Waals surface area contributed by atoms with Gasteiger partial charge in [0.1, 0.15) is 22.7 Å². The van der Waals surface area contributed by atoms with Crippen LogP contribution in [0, 0.1) is 5.92 Å². The average molecular weight is 417 g/mol. The number of unbranched alkanes of at least 4 members (excludes halogenated alkanes) is 3. The van der Waals surface area contributed by atoms with Crippen molar-refractivity contribution in [3.8, 4) is 11.5 Å². The lowest BCUT2D eigenvalue weighted by atomic mass is 9.67. The Hall–Kier alpha value is -2.01. The molecule has 5 nitrogen and oxygen atoms in total. The maximum Gasteiger partial charge on any atom is 0.306 e. The molecule has 0 spiro atoms. The van der Waals surface area contributed by atoms with E-state index in [1.807, 2.05) is 0 Å². The van der Waals surface area contributed by atoms with Crippen LogP contribution in [0.4, 0.5) is 0 Å². The molecule has 2 aliphatic rings. The summed E-state index contributed by atoms with van der Waals surface area (Å²) >= 11 is 0. The zero-order valence-corrected chi connectivity index (χ0v) is 18.7. The minimum absolute atomic E-state index is 0.0973. The van der Waals surface area contributed by atoms with Gasteiger partial charge in [-0.2, -0.15) is 0 Å². The summed E-state index contributed by atoms with van der Waals surface area (Å²) in [5.74, 6) is 0.0280. The van der Waals surface area contributed by atoms with Gasteiger partial charge in [0.2, 0.25) is 0 Å². The molecule has 3 rings (SSSR count). The van der Waals surface area contributed by atoms with Gasteiger partial charge in [-0.15, -0.1) is 0 Å². The minimum atomic E-state index is -1.53. The fraction of sp³-hybridized carbons (Fsp3) is 0.640. The smallest absolute Gasteiger partial charge is 0.306 e. The van der Waals surface area contributed by atoms with E-state index in [1.54, 1.807) is 12.1 Å². The van der Waals surface area contributed by atoms with Gasteiger partial charge < -0.3 is 20.1 Å². The monoisotopic (exact) mass is 416 g/mol. The number of phenolic OH excluding ortho intramolecular Hbond substituents is 1. The number of aromatic hydroxyl groups is 1. The first kappa shape index (κ1) is 22.7. The number of hydrogen-bond acceptors (Lipinski definition) is 4. The molecule has 3 atom stereocenters. The van der Waals surface area contributed by atoms with Crippen molar-refractivity contribution in [1.29, 1.82) is 0 Å². The number of benzene rings is 1. The van der Waals surface area contributed by atoms with Gasteiger partial charge in [0.15, 0.2) is 0 Å². The van der Waals surface area contributed by atoms with Gasteiger partial charge in [-0.25, -0.2) is 0 Å². The molecule has 166 valence electrons. The Balaban J connectivity index is 2.00. The van der Waals surface area contributed by atoms with E-state index in [4.69, 9.17) is 4.74 Å². The Morgan fingerprint density at radius 3 is 2.67 bits per heavy atom.